The average Bonchev–Trinajstić information content (AvgIpc) is 3.58. The molecule has 204 valence electrons. The van der Waals surface area contributed by atoms with Crippen LogP contribution in [0.1, 0.15) is 55.0 Å². The van der Waals surface area contributed by atoms with E-state index in [2.05, 4.69) is 16.8 Å². The summed E-state index contributed by atoms with van der Waals surface area (Å²) in [7, 11) is 0. The van der Waals surface area contributed by atoms with Crippen LogP contribution in [0, 0.1) is 0 Å². The van der Waals surface area contributed by atoms with Crippen LogP contribution in [-0.2, 0) is 41.2 Å². The van der Waals surface area contributed by atoms with Crippen molar-refractivity contribution in [3.63, 3.8) is 0 Å². The van der Waals surface area contributed by atoms with E-state index in [9.17, 15) is 9.59 Å². The van der Waals surface area contributed by atoms with E-state index in [0.29, 0.717) is 36.6 Å². The zero-order chi connectivity index (χ0) is 27.6. The lowest BCUT2D eigenvalue weighted by Gasteiger charge is -2.33. The molecule has 0 saturated carbocycles. The standard InChI is InChI=1S/C31H30N4O5/c1-4-31(3)23-11-25-28-21(15-35(25)29(36)22(23)16-38-30(31)37)20(14-34(5-2)13-18-6-8-32-9-7-18)19-10-26-27(40-17-39-26)12-24(19)33-28/h6-12H,4-5,13-17H2,1-3H3. The first-order valence-corrected chi connectivity index (χ1v) is 13.7. The molecule has 9 heteroatoms. The SMILES string of the molecule is CCN(Cc1ccncc1)Cc1c2c(nc3cc4c(cc13)OCO4)-c1cc3c(c(=O)n1C2)COC(=O)C3(C)CC. The first-order chi connectivity index (χ1) is 19.4. The Morgan fingerprint density at radius 1 is 1.00 bits per heavy atom. The fourth-order valence-corrected chi connectivity index (χ4v) is 6.15. The van der Waals surface area contributed by atoms with E-state index in [-0.39, 0.29) is 24.9 Å². The van der Waals surface area contributed by atoms with Crippen LogP contribution in [0.15, 0.2) is 47.5 Å². The predicted molar refractivity (Wildman–Crippen MR) is 148 cm³/mol. The van der Waals surface area contributed by atoms with Crippen molar-refractivity contribution in [3.05, 3.63) is 80.9 Å². The molecular weight excluding hydrogens is 508 g/mol. The molecule has 0 spiro atoms. The molecule has 0 saturated heterocycles. The van der Waals surface area contributed by atoms with Crippen LogP contribution >= 0.6 is 0 Å². The summed E-state index contributed by atoms with van der Waals surface area (Å²) in [5.74, 6) is 1.07. The number of carbonyl (C=O) groups excluding carboxylic acids is 1. The van der Waals surface area contributed by atoms with Crippen molar-refractivity contribution in [2.45, 2.75) is 58.8 Å². The van der Waals surface area contributed by atoms with Gasteiger partial charge >= 0.3 is 5.97 Å². The molecule has 3 aromatic heterocycles. The quantitative estimate of drug-likeness (QED) is 0.296. The number of benzene rings is 1. The van der Waals surface area contributed by atoms with Crippen molar-refractivity contribution in [1.29, 1.82) is 0 Å². The number of fused-ring (bicyclic) bond motifs is 6. The largest absolute Gasteiger partial charge is 0.460 e. The molecule has 0 N–H and O–H groups in total. The second-order valence-corrected chi connectivity index (χ2v) is 10.9. The lowest BCUT2D eigenvalue weighted by Crippen LogP contribution is -2.42. The molecule has 0 amide bonds. The van der Waals surface area contributed by atoms with Crippen molar-refractivity contribution < 1.29 is 19.0 Å². The highest BCUT2D eigenvalue weighted by molar-refractivity contribution is 5.91. The Hall–Kier alpha value is -4.24. The smallest absolute Gasteiger partial charge is 0.316 e. The number of rotatable bonds is 6. The molecule has 3 aliphatic heterocycles. The molecule has 6 heterocycles. The summed E-state index contributed by atoms with van der Waals surface area (Å²) >= 11 is 0. The number of cyclic esters (lactones) is 1. The summed E-state index contributed by atoms with van der Waals surface area (Å²) in [5.41, 5.74) is 5.92. The van der Waals surface area contributed by atoms with Gasteiger partial charge in [0, 0.05) is 42.5 Å². The zero-order valence-corrected chi connectivity index (χ0v) is 22.8. The maximum atomic E-state index is 13.9. The van der Waals surface area contributed by atoms with Crippen LogP contribution < -0.4 is 15.0 Å². The summed E-state index contributed by atoms with van der Waals surface area (Å²) in [6.45, 7) is 8.80. The van der Waals surface area contributed by atoms with Gasteiger partial charge in [0.05, 0.1) is 34.4 Å². The van der Waals surface area contributed by atoms with Crippen LogP contribution in [0.2, 0.25) is 0 Å². The molecule has 40 heavy (non-hydrogen) atoms. The van der Waals surface area contributed by atoms with Crippen LogP contribution in [0.4, 0.5) is 0 Å². The van der Waals surface area contributed by atoms with Gasteiger partial charge in [-0.1, -0.05) is 13.8 Å². The van der Waals surface area contributed by atoms with Crippen LogP contribution in [0.3, 0.4) is 0 Å². The highest BCUT2D eigenvalue weighted by Crippen LogP contribution is 2.43. The van der Waals surface area contributed by atoms with Crippen LogP contribution in [0.5, 0.6) is 11.5 Å². The molecule has 0 aliphatic carbocycles. The average molecular weight is 539 g/mol. The van der Waals surface area contributed by atoms with Crippen molar-refractivity contribution in [1.82, 2.24) is 19.4 Å². The van der Waals surface area contributed by atoms with Gasteiger partial charge in [0.1, 0.15) is 6.61 Å². The molecule has 0 bridgehead atoms. The Balaban J connectivity index is 1.42. The number of ether oxygens (including phenoxy) is 3. The zero-order valence-electron chi connectivity index (χ0n) is 22.8. The second-order valence-electron chi connectivity index (χ2n) is 10.9. The van der Waals surface area contributed by atoms with Gasteiger partial charge in [0.15, 0.2) is 11.5 Å². The third-order valence-electron chi connectivity index (χ3n) is 8.74. The highest BCUT2D eigenvalue weighted by Gasteiger charge is 2.43. The minimum Gasteiger partial charge on any atom is -0.460 e. The number of hydrogen-bond acceptors (Lipinski definition) is 8. The maximum Gasteiger partial charge on any atom is 0.316 e. The van der Waals surface area contributed by atoms with Crippen molar-refractivity contribution in [3.8, 4) is 22.9 Å². The molecule has 4 aromatic rings. The van der Waals surface area contributed by atoms with Gasteiger partial charge in [-0.2, -0.15) is 0 Å². The third-order valence-corrected chi connectivity index (χ3v) is 8.74. The van der Waals surface area contributed by atoms with Crippen LogP contribution in [-0.4, -0.2) is 38.7 Å². The number of esters is 1. The van der Waals surface area contributed by atoms with Crippen molar-refractivity contribution in [2.75, 3.05) is 13.3 Å². The molecule has 9 nitrogen and oxygen atoms in total. The van der Waals surface area contributed by atoms with E-state index in [0.717, 1.165) is 52.1 Å². The van der Waals surface area contributed by atoms with Gasteiger partial charge in [-0.05, 0) is 60.8 Å². The Kier molecular flexibility index (Phi) is 5.67. The molecule has 0 radical (unpaired) electrons. The fraction of sp³-hybridized carbons (Fsp3) is 0.355. The fourth-order valence-electron chi connectivity index (χ4n) is 6.15. The van der Waals surface area contributed by atoms with Crippen LogP contribution in [0.25, 0.3) is 22.3 Å². The van der Waals surface area contributed by atoms with E-state index in [1.54, 1.807) is 4.57 Å². The maximum absolute atomic E-state index is 13.9. The van der Waals surface area contributed by atoms with E-state index in [4.69, 9.17) is 19.2 Å². The normalized spacial score (nSPS) is 18.6. The topological polar surface area (TPSA) is 95.8 Å². The number of carbonyl (C=O) groups is 1. The Morgan fingerprint density at radius 3 is 2.52 bits per heavy atom. The Bertz CT molecular complexity index is 1750. The van der Waals surface area contributed by atoms with E-state index in [1.807, 2.05) is 56.6 Å². The highest BCUT2D eigenvalue weighted by atomic mass is 16.7. The predicted octanol–water partition coefficient (Wildman–Crippen LogP) is 4.30. The van der Waals surface area contributed by atoms with E-state index in [1.165, 1.54) is 5.56 Å². The number of pyridine rings is 3. The molecule has 7 rings (SSSR count). The van der Waals surface area contributed by atoms with Crippen molar-refractivity contribution in [2.24, 2.45) is 0 Å². The van der Waals surface area contributed by atoms with Gasteiger partial charge in [-0.15, -0.1) is 0 Å². The molecular formula is C31H30N4O5. The second kappa shape index (κ2) is 9.16. The van der Waals surface area contributed by atoms with E-state index >= 15 is 0 Å². The lowest BCUT2D eigenvalue weighted by molar-refractivity contribution is -0.153. The summed E-state index contributed by atoms with van der Waals surface area (Å²) in [4.78, 5) is 38.3. The number of aromatic nitrogens is 3. The molecule has 0 fully saturated rings. The molecule has 1 atom stereocenters. The molecule has 1 aromatic carbocycles. The van der Waals surface area contributed by atoms with Gasteiger partial charge in [0.2, 0.25) is 6.79 Å². The van der Waals surface area contributed by atoms with Gasteiger partial charge in [-0.25, -0.2) is 4.98 Å². The third kappa shape index (κ3) is 3.64. The first kappa shape index (κ1) is 24.8. The summed E-state index contributed by atoms with van der Waals surface area (Å²) in [5, 5.41) is 0.985. The number of hydrogen-bond donors (Lipinski definition) is 0. The molecule has 1 unspecified atom stereocenters. The van der Waals surface area contributed by atoms with Gasteiger partial charge in [-0.3, -0.25) is 19.5 Å². The lowest BCUT2D eigenvalue weighted by atomic mass is 9.76. The summed E-state index contributed by atoms with van der Waals surface area (Å²) in [6.07, 6.45) is 4.16. The van der Waals surface area contributed by atoms with Gasteiger partial charge < -0.3 is 18.8 Å². The van der Waals surface area contributed by atoms with Crippen molar-refractivity contribution >= 4 is 16.9 Å². The Labute approximate surface area is 231 Å². The monoisotopic (exact) mass is 538 g/mol. The minimum atomic E-state index is -0.875. The Morgan fingerprint density at radius 2 is 1.77 bits per heavy atom. The summed E-state index contributed by atoms with van der Waals surface area (Å²) in [6, 6.07) is 10.00. The van der Waals surface area contributed by atoms with Gasteiger partial charge in [0.25, 0.3) is 5.56 Å². The first-order valence-electron chi connectivity index (χ1n) is 13.7. The summed E-state index contributed by atoms with van der Waals surface area (Å²) < 4.78 is 18.7. The molecule has 3 aliphatic rings. The number of nitrogens with zero attached hydrogens (tertiary/aromatic N) is 4. The minimum absolute atomic E-state index is 0.00157. The van der Waals surface area contributed by atoms with E-state index < -0.39 is 5.41 Å².